The van der Waals surface area contributed by atoms with Crippen molar-refractivity contribution >= 4 is 21.7 Å². The SMILES string of the molecule is Cc1ccc(C(=O)c2cccc3c2OCC3)cc1Br. The van der Waals surface area contributed by atoms with Gasteiger partial charge in [-0.05, 0) is 30.2 Å². The Bertz CT molecular complexity index is 662. The topological polar surface area (TPSA) is 26.3 Å². The van der Waals surface area contributed by atoms with Gasteiger partial charge in [-0.1, -0.05) is 40.2 Å². The van der Waals surface area contributed by atoms with Gasteiger partial charge in [-0.25, -0.2) is 0 Å². The van der Waals surface area contributed by atoms with Crippen LogP contribution in [0.1, 0.15) is 27.0 Å². The van der Waals surface area contributed by atoms with Gasteiger partial charge in [-0.2, -0.15) is 0 Å². The normalized spacial score (nSPS) is 12.9. The molecule has 19 heavy (non-hydrogen) atoms. The molecule has 1 aliphatic heterocycles. The summed E-state index contributed by atoms with van der Waals surface area (Å²) in [5.74, 6) is 0.767. The lowest BCUT2D eigenvalue weighted by molar-refractivity contribution is 0.103. The van der Waals surface area contributed by atoms with Crippen LogP contribution in [0.3, 0.4) is 0 Å². The summed E-state index contributed by atoms with van der Waals surface area (Å²) in [6, 6.07) is 11.4. The predicted molar refractivity (Wildman–Crippen MR) is 78.0 cm³/mol. The summed E-state index contributed by atoms with van der Waals surface area (Å²) >= 11 is 3.47. The van der Waals surface area contributed by atoms with Crippen molar-refractivity contribution in [3.63, 3.8) is 0 Å². The summed E-state index contributed by atoms with van der Waals surface area (Å²) in [5.41, 5.74) is 3.58. The van der Waals surface area contributed by atoms with Crippen LogP contribution in [0.25, 0.3) is 0 Å². The monoisotopic (exact) mass is 316 g/mol. The molecule has 0 aliphatic carbocycles. The number of hydrogen-bond acceptors (Lipinski definition) is 2. The summed E-state index contributed by atoms with van der Waals surface area (Å²) in [5, 5.41) is 0. The minimum Gasteiger partial charge on any atom is -0.492 e. The fourth-order valence-electron chi connectivity index (χ4n) is 2.28. The molecule has 3 rings (SSSR count). The third-order valence-electron chi connectivity index (χ3n) is 3.39. The Kier molecular flexibility index (Phi) is 3.15. The molecule has 0 unspecified atom stereocenters. The van der Waals surface area contributed by atoms with Gasteiger partial charge in [0.15, 0.2) is 5.78 Å². The minimum absolute atomic E-state index is 0.0134. The maximum absolute atomic E-state index is 12.6. The molecule has 0 atom stereocenters. The molecule has 0 saturated heterocycles. The van der Waals surface area contributed by atoms with Crippen LogP contribution in [0, 0.1) is 6.92 Å². The molecule has 0 aromatic heterocycles. The molecule has 0 N–H and O–H groups in total. The Balaban J connectivity index is 2.05. The third kappa shape index (κ3) is 2.19. The molecule has 0 fully saturated rings. The van der Waals surface area contributed by atoms with Crippen molar-refractivity contribution in [2.45, 2.75) is 13.3 Å². The zero-order chi connectivity index (χ0) is 13.4. The quantitative estimate of drug-likeness (QED) is 0.785. The molecule has 0 saturated carbocycles. The summed E-state index contributed by atoms with van der Waals surface area (Å²) in [4.78, 5) is 12.6. The highest BCUT2D eigenvalue weighted by Crippen LogP contribution is 2.31. The number of halogens is 1. The lowest BCUT2D eigenvalue weighted by atomic mass is 9.99. The number of rotatable bonds is 2. The van der Waals surface area contributed by atoms with Gasteiger partial charge in [0.25, 0.3) is 0 Å². The van der Waals surface area contributed by atoms with Crippen LogP contribution in [0.2, 0.25) is 0 Å². The fraction of sp³-hybridized carbons (Fsp3) is 0.188. The van der Waals surface area contributed by atoms with Crippen LogP contribution in [0.5, 0.6) is 5.75 Å². The summed E-state index contributed by atoms with van der Waals surface area (Å²) in [7, 11) is 0. The number of hydrogen-bond donors (Lipinski definition) is 0. The molecular weight excluding hydrogens is 304 g/mol. The van der Waals surface area contributed by atoms with Gasteiger partial charge in [-0.3, -0.25) is 4.79 Å². The summed E-state index contributed by atoms with van der Waals surface area (Å²) < 4.78 is 6.54. The van der Waals surface area contributed by atoms with Crippen molar-refractivity contribution in [1.29, 1.82) is 0 Å². The van der Waals surface area contributed by atoms with Crippen molar-refractivity contribution in [1.82, 2.24) is 0 Å². The zero-order valence-electron chi connectivity index (χ0n) is 10.6. The van der Waals surface area contributed by atoms with Crippen LogP contribution in [0.4, 0.5) is 0 Å². The molecule has 3 heteroatoms. The molecule has 0 spiro atoms. The van der Waals surface area contributed by atoms with Crippen LogP contribution in [-0.2, 0) is 6.42 Å². The highest BCUT2D eigenvalue weighted by atomic mass is 79.9. The summed E-state index contributed by atoms with van der Waals surface area (Å²) in [6.07, 6.45) is 0.883. The van der Waals surface area contributed by atoms with Crippen LogP contribution < -0.4 is 4.74 Å². The second kappa shape index (κ2) is 4.82. The second-order valence-electron chi connectivity index (χ2n) is 4.69. The van der Waals surface area contributed by atoms with Crippen molar-refractivity contribution < 1.29 is 9.53 Å². The van der Waals surface area contributed by atoms with E-state index >= 15 is 0 Å². The van der Waals surface area contributed by atoms with Gasteiger partial charge in [0.05, 0.1) is 12.2 Å². The molecule has 96 valence electrons. The van der Waals surface area contributed by atoms with Crippen molar-refractivity contribution in [3.8, 4) is 5.75 Å². The molecule has 0 radical (unpaired) electrons. The fourth-order valence-corrected chi connectivity index (χ4v) is 2.66. The largest absolute Gasteiger partial charge is 0.492 e. The average molecular weight is 317 g/mol. The van der Waals surface area contributed by atoms with Gasteiger partial charge in [0.2, 0.25) is 0 Å². The lowest BCUT2D eigenvalue weighted by Gasteiger charge is -2.08. The van der Waals surface area contributed by atoms with Crippen LogP contribution in [0.15, 0.2) is 40.9 Å². The Morgan fingerprint density at radius 2 is 2.11 bits per heavy atom. The van der Waals surface area contributed by atoms with Gasteiger partial charge in [-0.15, -0.1) is 0 Å². The summed E-state index contributed by atoms with van der Waals surface area (Å²) in [6.45, 7) is 2.67. The molecule has 2 aromatic rings. The highest BCUT2D eigenvalue weighted by molar-refractivity contribution is 9.10. The van der Waals surface area contributed by atoms with E-state index in [9.17, 15) is 4.79 Å². The van der Waals surface area contributed by atoms with E-state index in [-0.39, 0.29) is 5.78 Å². The molecule has 2 nitrogen and oxygen atoms in total. The van der Waals surface area contributed by atoms with Gasteiger partial charge in [0, 0.05) is 16.5 Å². The third-order valence-corrected chi connectivity index (χ3v) is 4.25. The number of carbonyl (C=O) groups excluding carboxylic acids is 1. The number of carbonyl (C=O) groups is 1. The van der Waals surface area contributed by atoms with E-state index in [1.54, 1.807) is 0 Å². The van der Waals surface area contributed by atoms with E-state index in [0.29, 0.717) is 17.7 Å². The molecule has 0 amide bonds. The Hall–Kier alpha value is -1.61. The molecular formula is C16H13BrO2. The van der Waals surface area contributed by atoms with E-state index in [2.05, 4.69) is 15.9 Å². The molecule has 0 bridgehead atoms. The van der Waals surface area contributed by atoms with Gasteiger partial charge < -0.3 is 4.74 Å². The first-order valence-electron chi connectivity index (χ1n) is 6.22. The maximum Gasteiger partial charge on any atom is 0.196 e. The number of para-hydroxylation sites is 1. The van der Waals surface area contributed by atoms with Crippen molar-refractivity contribution in [3.05, 3.63) is 63.1 Å². The minimum atomic E-state index is 0.0134. The average Bonchev–Trinajstić information content (AvgIpc) is 2.89. The number of fused-ring (bicyclic) bond motifs is 1. The lowest BCUT2D eigenvalue weighted by Crippen LogP contribution is -2.04. The van der Waals surface area contributed by atoms with E-state index in [1.165, 1.54) is 0 Å². The van der Waals surface area contributed by atoms with Crippen molar-refractivity contribution in [2.75, 3.05) is 6.61 Å². The number of ether oxygens (including phenoxy) is 1. The van der Waals surface area contributed by atoms with E-state index in [0.717, 1.165) is 27.8 Å². The number of ketones is 1. The first-order chi connectivity index (χ1) is 9.16. The number of aryl methyl sites for hydroxylation is 1. The van der Waals surface area contributed by atoms with E-state index < -0.39 is 0 Å². The number of benzene rings is 2. The molecule has 1 aliphatic rings. The molecule has 1 heterocycles. The molecule has 2 aromatic carbocycles. The Labute approximate surface area is 120 Å². The van der Waals surface area contributed by atoms with E-state index in [4.69, 9.17) is 4.74 Å². The Morgan fingerprint density at radius 1 is 1.26 bits per heavy atom. The smallest absolute Gasteiger partial charge is 0.196 e. The van der Waals surface area contributed by atoms with Gasteiger partial charge in [0.1, 0.15) is 5.75 Å². The van der Waals surface area contributed by atoms with E-state index in [1.807, 2.05) is 43.3 Å². The maximum atomic E-state index is 12.6. The zero-order valence-corrected chi connectivity index (χ0v) is 12.2. The highest BCUT2D eigenvalue weighted by Gasteiger charge is 2.21. The van der Waals surface area contributed by atoms with Crippen molar-refractivity contribution in [2.24, 2.45) is 0 Å². The first kappa shape index (κ1) is 12.4. The second-order valence-corrected chi connectivity index (χ2v) is 5.54. The first-order valence-corrected chi connectivity index (χ1v) is 7.01. The Morgan fingerprint density at radius 3 is 2.89 bits per heavy atom. The standard InChI is InChI=1S/C16H13BrO2/c1-10-5-6-12(9-14(10)17)15(18)13-4-2-3-11-7-8-19-16(11)13/h2-6,9H,7-8H2,1H3. The van der Waals surface area contributed by atoms with Gasteiger partial charge >= 0.3 is 0 Å². The van der Waals surface area contributed by atoms with Crippen LogP contribution >= 0.6 is 15.9 Å². The van der Waals surface area contributed by atoms with Crippen LogP contribution in [-0.4, -0.2) is 12.4 Å². The predicted octanol–water partition coefficient (Wildman–Crippen LogP) is 3.92.